The monoisotopic (exact) mass is 458 g/mol. The van der Waals surface area contributed by atoms with Crippen LogP contribution in [0.2, 0.25) is 0 Å². The van der Waals surface area contributed by atoms with E-state index >= 15 is 0 Å². The Labute approximate surface area is 189 Å². The average molecular weight is 458 g/mol. The van der Waals surface area contributed by atoms with E-state index in [9.17, 15) is 18.7 Å². The second-order valence-electron chi connectivity index (χ2n) is 7.99. The van der Waals surface area contributed by atoms with Crippen molar-refractivity contribution < 1.29 is 23.4 Å². The molecule has 2 N–H and O–H groups in total. The number of benzene rings is 1. The molecular formula is C22H24F2N6O3. The fourth-order valence-corrected chi connectivity index (χ4v) is 4.16. The summed E-state index contributed by atoms with van der Waals surface area (Å²) >= 11 is 0. The van der Waals surface area contributed by atoms with Gasteiger partial charge in [-0.15, -0.1) is 5.10 Å². The van der Waals surface area contributed by atoms with Crippen LogP contribution in [0.15, 0.2) is 36.7 Å². The van der Waals surface area contributed by atoms with Gasteiger partial charge in [0.1, 0.15) is 11.2 Å². The first-order chi connectivity index (χ1) is 15.8. The molecule has 0 bridgehead atoms. The van der Waals surface area contributed by atoms with Crippen molar-refractivity contribution >= 4 is 11.8 Å². The van der Waals surface area contributed by atoms with Crippen molar-refractivity contribution in [1.29, 1.82) is 0 Å². The molecule has 2 aromatic heterocycles. The van der Waals surface area contributed by atoms with Gasteiger partial charge in [-0.05, 0) is 37.1 Å². The van der Waals surface area contributed by atoms with Crippen molar-refractivity contribution in [3.8, 4) is 11.3 Å². The van der Waals surface area contributed by atoms with E-state index in [1.165, 1.54) is 13.2 Å². The van der Waals surface area contributed by atoms with E-state index in [1.54, 1.807) is 30.2 Å². The molecule has 1 amide bonds. The Morgan fingerprint density at radius 2 is 2.12 bits per heavy atom. The molecule has 174 valence electrons. The summed E-state index contributed by atoms with van der Waals surface area (Å²) in [7, 11) is 3.04. The number of aromatic nitrogens is 4. The molecule has 4 rings (SSSR count). The van der Waals surface area contributed by atoms with E-state index < -0.39 is 23.3 Å². The van der Waals surface area contributed by atoms with Gasteiger partial charge in [0, 0.05) is 31.3 Å². The number of hydrogen-bond acceptors (Lipinski definition) is 7. The molecule has 11 heteroatoms. The van der Waals surface area contributed by atoms with Crippen LogP contribution in [-0.2, 0) is 23.9 Å². The van der Waals surface area contributed by atoms with Crippen LogP contribution in [0.25, 0.3) is 11.3 Å². The van der Waals surface area contributed by atoms with Crippen LogP contribution in [0.4, 0.5) is 19.3 Å². The maximum atomic E-state index is 13.7. The number of hydrogen-bond donors (Lipinski definition) is 2. The summed E-state index contributed by atoms with van der Waals surface area (Å²) in [6.07, 6.45) is 4.09. The third-order valence-corrected chi connectivity index (χ3v) is 5.80. The van der Waals surface area contributed by atoms with Crippen LogP contribution in [0, 0.1) is 11.6 Å². The average Bonchev–Trinajstić information content (AvgIpc) is 3.27. The van der Waals surface area contributed by atoms with Crippen molar-refractivity contribution in [2.45, 2.75) is 25.0 Å². The first-order valence-electron chi connectivity index (χ1n) is 10.4. The van der Waals surface area contributed by atoms with E-state index in [4.69, 9.17) is 4.74 Å². The topological polar surface area (TPSA) is 105 Å². The molecule has 0 saturated carbocycles. The Balaban J connectivity index is 1.69. The largest absolute Gasteiger partial charge is 0.453 e. The van der Waals surface area contributed by atoms with Gasteiger partial charge in [-0.1, -0.05) is 5.21 Å². The van der Waals surface area contributed by atoms with E-state index in [2.05, 4.69) is 20.6 Å². The number of methoxy groups -OCH3 is 1. The number of aryl methyl sites for hydroxylation is 1. The summed E-state index contributed by atoms with van der Waals surface area (Å²) in [6, 6.07) is 5.19. The molecule has 3 heterocycles. The van der Waals surface area contributed by atoms with Gasteiger partial charge in [0.2, 0.25) is 0 Å². The minimum absolute atomic E-state index is 0.284. The molecule has 1 aliphatic heterocycles. The zero-order valence-electron chi connectivity index (χ0n) is 18.3. The van der Waals surface area contributed by atoms with Gasteiger partial charge in [0.25, 0.3) is 0 Å². The maximum absolute atomic E-state index is 13.7. The van der Waals surface area contributed by atoms with Crippen molar-refractivity contribution in [3.63, 3.8) is 0 Å². The molecular weight excluding hydrogens is 434 g/mol. The number of carbonyl (C=O) groups excluding carboxylic acids is 1. The molecule has 0 aliphatic carbocycles. The quantitative estimate of drug-likeness (QED) is 0.605. The molecule has 1 saturated heterocycles. The Bertz CT molecular complexity index is 1170. The number of rotatable bonds is 5. The van der Waals surface area contributed by atoms with Crippen molar-refractivity contribution in [2.75, 3.05) is 25.1 Å². The minimum Gasteiger partial charge on any atom is -0.453 e. The summed E-state index contributed by atoms with van der Waals surface area (Å²) in [6.45, 7) is 0.720. The van der Waals surface area contributed by atoms with Crippen LogP contribution >= 0.6 is 0 Å². The molecule has 1 unspecified atom stereocenters. The van der Waals surface area contributed by atoms with Crippen LogP contribution < -0.4 is 10.2 Å². The highest BCUT2D eigenvalue weighted by Crippen LogP contribution is 2.35. The van der Waals surface area contributed by atoms with Crippen molar-refractivity contribution in [1.82, 2.24) is 25.3 Å². The highest BCUT2D eigenvalue weighted by molar-refractivity contribution is 5.69. The first kappa shape index (κ1) is 22.6. The highest BCUT2D eigenvalue weighted by Gasteiger charge is 2.42. The van der Waals surface area contributed by atoms with E-state index in [0.29, 0.717) is 47.7 Å². The number of alkyl carbamates (subject to hydrolysis) is 1. The fourth-order valence-electron chi connectivity index (χ4n) is 4.16. The molecule has 1 atom stereocenters. The number of anilines is 1. The molecule has 1 aromatic carbocycles. The summed E-state index contributed by atoms with van der Waals surface area (Å²) in [5.41, 5.74) is 1.78. The first-order valence-corrected chi connectivity index (χ1v) is 10.4. The normalized spacial score (nSPS) is 18.3. The molecule has 1 aliphatic rings. The predicted molar refractivity (Wildman–Crippen MR) is 115 cm³/mol. The van der Waals surface area contributed by atoms with E-state index in [1.807, 2.05) is 4.90 Å². The Morgan fingerprint density at radius 1 is 1.30 bits per heavy atom. The number of piperidine rings is 1. The summed E-state index contributed by atoms with van der Waals surface area (Å²) in [5.74, 6) is -1.91. The number of aliphatic hydroxyl groups excluding tert-OH is 1. The zero-order valence-corrected chi connectivity index (χ0v) is 18.3. The third-order valence-electron chi connectivity index (χ3n) is 5.80. The summed E-state index contributed by atoms with van der Waals surface area (Å²) in [5, 5.41) is 21.2. The highest BCUT2D eigenvalue weighted by atomic mass is 19.2. The van der Waals surface area contributed by atoms with Gasteiger partial charge in [-0.2, -0.15) is 0 Å². The van der Waals surface area contributed by atoms with E-state index in [-0.39, 0.29) is 6.61 Å². The number of amides is 1. The van der Waals surface area contributed by atoms with Crippen LogP contribution in [0.3, 0.4) is 0 Å². The molecule has 1 fully saturated rings. The molecule has 9 nitrogen and oxygen atoms in total. The predicted octanol–water partition coefficient (Wildman–Crippen LogP) is 2.50. The SMILES string of the molecule is COC(=O)NC1(c2cn(C)nn2)CCCN(c2cnc(-c3ccc(F)c(F)c3)cc2CO)C1. The van der Waals surface area contributed by atoms with Gasteiger partial charge in [0.15, 0.2) is 11.6 Å². The maximum Gasteiger partial charge on any atom is 0.407 e. The van der Waals surface area contributed by atoms with Gasteiger partial charge < -0.3 is 20.1 Å². The lowest BCUT2D eigenvalue weighted by Crippen LogP contribution is -2.57. The van der Waals surface area contributed by atoms with Gasteiger partial charge in [-0.3, -0.25) is 9.67 Å². The lowest BCUT2D eigenvalue weighted by Gasteiger charge is -2.43. The summed E-state index contributed by atoms with van der Waals surface area (Å²) in [4.78, 5) is 18.6. The van der Waals surface area contributed by atoms with Gasteiger partial charge in [-0.25, -0.2) is 13.6 Å². The van der Waals surface area contributed by atoms with Gasteiger partial charge >= 0.3 is 6.09 Å². The fraction of sp³-hybridized carbons (Fsp3) is 0.364. The second kappa shape index (κ2) is 9.10. The second-order valence-corrected chi connectivity index (χ2v) is 7.99. The smallest absolute Gasteiger partial charge is 0.407 e. The van der Waals surface area contributed by atoms with Gasteiger partial charge in [0.05, 0.1) is 37.5 Å². The lowest BCUT2D eigenvalue weighted by molar-refractivity contribution is 0.148. The van der Waals surface area contributed by atoms with Crippen molar-refractivity contribution in [3.05, 3.63) is 59.6 Å². The number of nitrogens with one attached hydrogen (secondary N) is 1. The Kier molecular flexibility index (Phi) is 6.23. The number of halogens is 2. The number of ether oxygens (including phenoxy) is 1. The zero-order chi connectivity index (χ0) is 23.6. The van der Waals surface area contributed by atoms with E-state index in [0.717, 1.165) is 18.6 Å². The Hall–Kier alpha value is -3.60. The lowest BCUT2D eigenvalue weighted by atomic mass is 9.85. The molecule has 0 radical (unpaired) electrons. The molecule has 0 spiro atoms. The third kappa shape index (κ3) is 4.49. The van der Waals surface area contributed by atoms with Crippen molar-refractivity contribution in [2.24, 2.45) is 7.05 Å². The number of carbonyl (C=O) groups is 1. The standard InChI is InChI=1S/C22H24F2N6O3/c1-29-11-20(27-28-29)22(26-21(32)33-2)6-3-7-30(13-22)19-10-25-18(9-15(19)12-31)14-4-5-16(23)17(24)8-14/h4-5,8-11,31H,3,6-7,12-13H2,1-2H3,(H,26,32). The Morgan fingerprint density at radius 3 is 2.79 bits per heavy atom. The molecule has 33 heavy (non-hydrogen) atoms. The van der Waals surface area contributed by atoms with Crippen LogP contribution in [0.1, 0.15) is 24.1 Å². The summed E-state index contributed by atoms with van der Waals surface area (Å²) < 4.78 is 33.4. The number of pyridine rings is 1. The number of nitrogens with zero attached hydrogens (tertiary/aromatic N) is 5. The van der Waals surface area contributed by atoms with Crippen LogP contribution in [0.5, 0.6) is 0 Å². The minimum atomic E-state index is -0.970. The van der Waals surface area contributed by atoms with Crippen LogP contribution in [-0.4, -0.2) is 51.4 Å². The number of aliphatic hydroxyl groups is 1. The molecule has 3 aromatic rings.